The number of hydrogen-bond donors (Lipinski definition) is 1. The Morgan fingerprint density at radius 2 is 1.78 bits per heavy atom. The van der Waals surface area contributed by atoms with Gasteiger partial charge in [-0.05, 0) is 41.3 Å². The van der Waals surface area contributed by atoms with Gasteiger partial charge in [0.05, 0.1) is 33.0 Å². The van der Waals surface area contributed by atoms with Crippen molar-refractivity contribution in [2.75, 3.05) is 27.6 Å². The minimum Gasteiger partial charge on any atom is -0.493 e. The number of rotatable bonds is 5. The number of benzene rings is 2. The molecule has 4 atom stereocenters. The maximum absolute atomic E-state index is 11.0. The highest BCUT2D eigenvalue weighted by molar-refractivity contribution is 5.46. The van der Waals surface area contributed by atoms with Gasteiger partial charge in [-0.15, -0.1) is 0 Å². The number of ether oxygens (including phenoxy) is 5. The fourth-order valence-corrected chi connectivity index (χ4v) is 3.90. The standard InChI is InChI=1S/C21H24O6/c1-12-15(20(22)13-4-6-16(23-2)18(8-13)24-3)10-25-21(12)14-5-7-17-19(9-14)27-11-26-17/h4-9,12,15,20-22H,10-11H2,1-3H3/t12-,15-,20+,21-/m0/s1. The van der Waals surface area contributed by atoms with Gasteiger partial charge in [-0.3, -0.25) is 0 Å². The number of aliphatic hydroxyl groups excluding tert-OH is 1. The number of methoxy groups -OCH3 is 2. The van der Waals surface area contributed by atoms with Gasteiger partial charge in [-0.2, -0.15) is 0 Å². The van der Waals surface area contributed by atoms with Crippen molar-refractivity contribution >= 4 is 0 Å². The van der Waals surface area contributed by atoms with E-state index < -0.39 is 6.10 Å². The lowest BCUT2D eigenvalue weighted by Gasteiger charge is -2.24. The summed E-state index contributed by atoms with van der Waals surface area (Å²) >= 11 is 0. The molecule has 0 unspecified atom stereocenters. The molecule has 0 spiro atoms. The molecule has 4 rings (SSSR count). The molecular formula is C21H24O6. The molecule has 1 saturated heterocycles. The van der Waals surface area contributed by atoms with Crippen LogP contribution in [0.5, 0.6) is 23.0 Å². The van der Waals surface area contributed by atoms with Crippen LogP contribution in [0, 0.1) is 11.8 Å². The molecule has 0 amide bonds. The molecule has 2 aliphatic rings. The van der Waals surface area contributed by atoms with Crippen LogP contribution in [-0.2, 0) is 4.74 Å². The van der Waals surface area contributed by atoms with Crippen LogP contribution in [0.15, 0.2) is 36.4 Å². The van der Waals surface area contributed by atoms with Gasteiger partial charge >= 0.3 is 0 Å². The van der Waals surface area contributed by atoms with Gasteiger partial charge in [0.2, 0.25) is 6.79 Å². The smallest absolute Gasteiger partial charge is 0.231 e. The van der Waals surface area contributed by atoms with E-state index in [-0.39, 0.29) is 24.7 Å². The zero-order valence-electron chi connectivity index (χ0n) is 15.7. The van der Waals surface area contributed by atoms with Crippen molar-refractivity contribution in [1.29, 1.82) is 0 Å². The molecule has 2 aromatic rings. The van der Waals surface area contributed by atoms with E-state index in [1.54, 1.807) is 14.2 Å². The molecule has 144 valence electrons. The highest BCUT2D eigenvalue weighted by Gasteiger charge is 2.40. The van der Waals surface area contributed by atoms with Crippen LogP contribution in [0.4, 0.5) is 0 Å². The molecule has 2 heterocycles. The minimum absolute atomic E-state index is 0.0291. The third kappa shape index (κ3) is 3.19. The van der Waals surface area contributed by atoms with Gasteiger partial charge in [-0.25, -0.2) is 0 Å². The minimum atomic E-state index is -0.654. The van der Waals surface area contributed by atoms with E-state index in [1.807, 2.05) is 36.4 Å². The summed E-state index contributed by atoms with van der Waals surface area (Å²) in [5.41, 5.74) is 1.83. The number of aliphatic hydroxyl groups is 1. The Morgan fingerprint density at radius 3 is 2.56 bits per heavy atom. The van der Waals surface area contributed by atoms with Gasteiger partial charge in [0, 0.05) is 5.92 Å². The second kappa shape index (κ2) is 7.29. The second-order valence-electron chi connectivity index (χ2n) is 6.95. The van der Waals surface area contributed by atoms with Crippen molar-refractivity contribution in [3.05, 3.63) is 47.5 Å². The quantitative estimate of drug-likeness (QED) is 0.867. The SMILES string of the molecule is COc1ccc([C@@H](O)[C@H]2CO[C@H](c3ccc4c(c3)OCO4)[C@H]2C)cc1OC. The predicted octanol–water partition coefficient (Wildman–Crippen LogP) is 3.49. The Morgan fingerprint density at radius 1 is 1.00 bits per heavy atom. The molecule has 6 heteroatoms. The lowest BCUT2D eigenvalue weighted by Crippen LogP contribution is -2.19. The van der Waals surface area contributed by atoms with Crippen molar-refractivity contribution in [2.24, 2.45) is 11.8 Å². The van der Waals surface area contributed by atoms with Crippen LogP contribution >= 0.6 is 0 Å². The summed E-state index contributed by atoms with van der Waals surface area (Å²) in [6.45, 7) is 2.84. The fourth-order valence-electron chi connectivity index (χ4n) is 3.90. The van der Waals surface area contributed by atoms with Crippen LogP contribution in [0.2, 0.25) is 0 Å². The largest absolute Gasteiger partial charge is 0.493 e. The van der Waals surface area contributed by atoms with Crippen LogP contribution in [-0.4, -0.2) is 32.7 Å². The normalized spacial score (nSPS) is 24.7. The molecule has 1 fully saturated rings. The van der Waals surface area contributed by atoms with Crippen LogP contribution in [0.3, 0.4) is 0 Å². The maximum Gasteiger partial charge on any atom is 0.231 e. The van der Waals surface area contributed by atoms with Gasteiger partial charge in [-0.1, -0.05) is 19.1 Å². The van der Waals surface area contributed by atoms with Crippen molar-refractivity contribution in [3.8, 4) is 23.0 Å². The second-order valence-corrected chi connectivity index (χ2v) is 6.95. The Kier molecular flexibility index (Phi) is 4.85. The Balaban J connectivity index is 1.53. The molecule has 2 aliphatic heterocycles. The first-order valence-electron chi connectivity index (χ1n) is 9.03. The molecule has 6 nitrogen and oxygen atoms in total. The first kappa shape index (κ1) is 17.9. The first-order chi connectivity index (χ1) is 13.1. The van der Waals surface area contributed by atoms with Gasteiger partial charge in [0.1, 0.15) is 0 Å². The molecule has 0 aliphatic carbocycles. The lowest BCUT2D eigenvalue weighted by molar-refractivity contribution is 0.0755. The maximum atomic E-state index is 11.0. The van der Waals surface area contributed by atoms with Gasteiger partial charge < -0.3 is 28.8 Å². The summed E-state index contributed by atoms with van der Waals surface area (Å²) in [5.74, 6) is 2.85. The molecule has 2 aromatic carbocycles. The van der Waals surface area contributed by atoms with Crippen molar-refractivity contribution in [2.45, 2.75) is 19.1 Å². The monoisotopic (exact) mass is 372 g/mol. The average Bonchev–Trinajstić information content (AvgIpc) is 3.32. The van der Waals surface area contributed by atoms with Crippen molar-refractivity contribution in [3.63, 3.8) is 0 Å². The topological polar surface area (TPSA) is 66.4 Å². The van der Waals surface area contributed by atoms with E-state index in [0.29, 0.717) is 18.1 Å². The predicted molar refractivity (Wildman–Crippen MR) is 98.4 cm³/mol. The third-order valence-corrected chi connectivity index (χ3v) is 5.50. The van der Waals surface area contributed by atoms with E-state index in [1.165, 1.54) is 0 Å². The summed E-state index contributed by atoms with van der Waals surface area (Å²) in [6.07, 6.45) is -0.752. The van der Waals surface area contributed by atoms with E-state index in [2.05, 4.69) is 6.92 Å². The molecule has 27 heavy (non-hydrogen) atoms. The van der Waals surface area contributed by atoms with Crippen molar-refractivity contribution < 1.29 is 28.8 Å². The Bertz CT molecular complexity index is 820. The van der Waals surface area contributed by atoms with Crippen LogP contribution < -0.4 is 18.9 Å². The molecular weight excluding hydrogens is 348 g/mol. The van der Waals surface area contributed by atoms with Crippen molar-refractivity contribution in [1.82, 2.24) is 0 Å². The van der Waals surface area contributed by atoms with Crippen LogP contribution in [0.1, 0.15) is 30.3 Å². The lowest BCUT2D eigenvalue weighted by atomic mass is 9.83. The van der Waals surface area contributed by atoms with Crippen LogP contribution in [0.25, 0.3) is 0 Å². The molecule has 0 bridgehead atoms. The summed E-state index contributed by atoms with van der Waals surface area (Å²) in [7, 11) is 3.18. The van der Waals surface area contributed by atoms with Gasteiger partial charge in [0.15, 0.2) is 23.0 Å². The molecule has 1 N–H and O–H groups in total. The third-order valence-electron chi connectivity index (χ3n) is 5.50. The number of hydrogen-bond acceptors (Lipinski definition) is 6. The Labute approximate surface area is 158 Å². The summed E-state index contributed by atoms with van der Waals surface area (Å²) < 4.78 is 27.5. The zero-order chi connectivity index (χ0) is 19.0. The number of fused-ring (bicyclic) bond motifs is 1. The highest BCUT2D eigenvalue weighted by atomic mass is 16.7. The van der Waals surface area contributed by atoms with E-state index in [0.717, 1.165) is 22.6 Å². The molecule has 0 radical (unpaired) electrons. The Hall–Kier alpha value is -2.44. The van der Waals surface area contributed by atoms with Gasteiger partial charge in [0.25, 0.3) is 0 Å². The summed E-state index contributed by atoms with van der Waals surface area (Å²) in [6, 6.07) is 11.4. The average molecular weight is 372 g/mol. The van der Waals surface area contributed by atoms with E-state index in [4.69, 9.17) is 23.7 Å². The van der Waals surface area contributed by atoms with E-state index in [9.17, 15) is 5.11 Å². The summed E-state index contributed by atoms with van der Waals surface area (Å²) in [5, 5.41) is 11.0. The fraction of sp³-hybridized carbons (Fsp3) is 0.429. The molecule has 0 aromatic heterocycles. The highest BCUT2D eigenvalue weighted by Crippen LogP contribution is 2.46. The van der Waals surface area contributed by atoms with E-state index >= 15 is 0 Å². The zero-order valence-corrected chi connectivity index (χ0v) is 15.7. The molecule has 0 saturated carbocycles. The summed E-state index contributed by atoms with van der Waals surface area (Å²) in [4.78, 5) is 0. The first-order valence-corrected chi connectivity index (χ1v) is 9.03.